The number of esters is 1. The van der Waals surface area contributed by atoms with Crippen molar-refractivity contribution in [3.05, 3.63) is 11.6 Å². The second-order valence-electron chi connectivity index (χ2n) is 2.80. The molecule has 0 unspecified atom stereocenters. The van der Waals surface area contributed by atoms with Gasteiger partial charge in [0.15, 0.2) is 0 Å². The quantitative estimate of drug-likeness (QED) is 0.353. The van der Waals surface area contributed by atoms with E-state index in [9.17, 15) is 4.79 Å². The van der Waals surface area contributed by atoms with Crippen LogP contribution < -0.4 is 0 Å². The molecule has 82 valence electrons. The lowest BCUT2D eigenvalue weighted by molar-refractivity contribution is -0.136. The molecule has 0 aromatic rings. The van der Waals surface area contributed by atoms with Gasteiger partial charge in [-0.25, -0.2) is 4.79 Å². The Hall–Kier alpha value is -0.870. The van der Waals surface area contributed by atoms with Gasteiger partial charge >= 0.3 is 5.97 Å². The van der Waals surface area contributed by atoms with Crippen molar-refractivity contribution >= 4 is 5.97 Å². The number of carbonyl (C=O) groups excluding carboxylic acids is 1. The summed E-state index contributed by atoms with van der Waals surface area (Å²) < 4.78 is 14.6. The average Bonchev–Trinajstić information content (AvgIpc) is 2.21. The molecule has 0 aromatic carbocycles. The fourth-order valence-corrected chi connectivity index (χ4v) is 0.817. The topological polar surface area (TPSA) is 44.8 Å². The molecule has 0 atom stereocenters. The summed E-state index contributed by atoms with van der Waals surface area (Å²) in [5.41, 5.74) is 0.569. The summed E-state index contributed by atoms with van der Waals surface area (Å²) in [6.45, 7) is 3.47. The van der Waals surface area contributed by atoms with E-state index in [1.54, 1.807) is 20.1 Å². The number of carbonyl (C=O) groups is 1. The van der Waals surface area contributed by atoms with Crippen molar-refractivity contribution < 1.29 is 19.0 Å². The van der Waals surface area contributed by atoms with Crippen LogP contribution in [0.1, 0.15) is 13.3 Å². The zero-order valence-corrected chi connectivity index (χ0v) is 9.04. The van der Waals surface area contributed by atoms with Crippen LogP contribution in [0.4, 0.5) is 0 Å². The van der Waals surface area contributed by atoms with Gasteiger partial charge in [-0.2, -0.15) is 0 Å². The highest BCUT2D eigenvalue weighted by molar-refractivity contribution is 5.87. The molecule has 0 saturated carbocycles. The van der Waals surface area contributed by atoms with Crippen molar-refractivity contribution in [2.24, 2.45) is 0 Å². The Morgan fingerprint density at radius 1 is 1.29 bits per heavy atom. The Balaban J connectivity index is 3.46. The number of hydrogen-bond donors (Lipinski definition) is 0. The van der Waals surface area contributed by atoms with Crippen LogP contribution in [-0.2, 0) is 19.0 Å². The predicted octanol–water partition coefficient (Wildman–Crippen LogP) is 1.16. The van der Waals surface area contributed by atoms with Gasteiger partial charge in [0, 0.05) is 25.9 Å². The lowest BCUT2D eigenvalue weighted by Gasteiger charge is -2.01. The first-order valence-corrected chi connectivity index (χ1v) is 4.54. The largest absolute Gasteiger partial charge is 0.466 e. The molecular formula is C10H18O4. The summed E-state index contributed by atoms with van der Waals surface area (Å²) >= 11 is 0. The molecule has 0 fully saturated rings. The van der Waals surface area contributed by atoms with Crippen LogP contribution in [0.25, 0.3) is 0 Å². The van der Waals surface area contributed by atoms with Crippen molar-refractivity contribution in [1.29, 1.82) is 0 Å². The SMILES string of the molecule is COCCCOCC=C(C)C(=O)OC. The van der Waals surface area contributed by atoms with E-state index in [0.717, 1.165) is 6.42 Å². The highest BCUT2D eigenvalue weighted by Gasteiger charge is 2.00. The summed E-state index contributed by atoms with van der Waals surface area (Å²) in [5.74, 6) is -0.314. The molecule has 0 aliphatic heterocycles. The maximum absolute atomic E-state index is 10.9. The van der Waals surface area contributed by atoms with E-state index in [1.165, 1.54) is 7.11 Å². The maximum atomic E-state index is 10.9. The van der Waals surface area contributed by atoms with E-state index in [-0.39, 0.29) is 5.97 Å². The smallest absolute Gasteiger partial charge is 0.333 e. The van der Waals surface area contributed by atoms with Crippen molar-refractivity contribution in [2.75, 3.05) is 34.0 Å². The fourth-order valence-electron chi connectivity index (χ4n) is 0.817. The Kier molecular flexibility index (Phi) is 8.17. The van der Waals surface area contributed by atoms with E-state index < -0.39 is 0 Å². The van der Waals surface area contributed by atoms with E-state index in [1.807, 2.05) is 0 Å². The van der Waals surface area contributed by atoms with Gasteiger partial charge < -0.3 is 14.2 Å². The Morgan fingerprint density at radius 3 is 2.57 bits per heavy atom. The van der Waals surface area contributed by atoms with Gasteiger partial charge in [0.05, 0.1) is 13.7 Å². The third-order valence-electron chi connectivity index (χ3n) is 1.65. The minimum Gasteiger partial charge on any atom is -0.466 e. The summed E-state index contributed by atoms with van der Waals surface area (Å²) in [7, 11) is 3.01. The van der Waals surface area contributed by atoms with Crippen LogP contribution in [0.15, 0.2) is 11.6 Å². The van der Waals surface area contributed by atoms with Gasteiger partial charge in [-0.05, 0) is 19.4 Å². The highest BCUT2D eigenvalue weighted by atomic mass is 16.5. The molecule has 4 nitrogen and oxygen atoms in total. The van der Waals surface area contributed by atoms with Gasteiger partial charge in [-0.1, -0.05) is 0 Å². The van der Waals surface area contributed by atoms with Gasteiger partial charge in [0.25, 0.3) is 0 Å². The minimum absolute atomic E-state index is 0.314. The molecule has 0 aliphatic rings. The number of methoxy groups -OCH3 is 2. The van der Waals surface area contributed by atoms with E-state index >= 15 is 0 Å². The van der Waals surface area contributed by atoms with Crippen LogP contribution in [0.5, 0.6) is 0 Å². The van der Waals surface area contributed by atoms with Crippen molar-refractivity contribution in [3.63, 3.8) is 0 Å². The Bertz CT molecular complexity index is 187. The van der Waals surface area contributed by atoms with E-state index in [2.05, 4.69) is 4.74 Å². The van der Waals surface area contributed by atoms with Crippen molar-refractivity contribution in [1.82, 2.24) is 0 Å². The molecule has 0 rings (SSSR count). The minimum atomic E-state index is -0.314. The lowest BCUT2D eigenvalue weighted by Crippen LogP contribution is -2.04. The van der Waals surface area contributed by atoms with Gasteiger partial charge in [0.1, 0.15) is 0 Å². The molecule has 0 amide bonds. The first kappa shape index (κ1) is 13.1. The standard InChI is InChI=1S/C10H18O4/c1-9(10(11)13-3)5-8-14-7-4-6-12-2/h5H,4,6-8H2,1-3H3. The molecular weight excluding hydrogens is 184 g/mol. The average molecular weight is 202 g/mol. The number of ether oxygens (including phenoxy) is 3. The van der Waals surface area contributed by atoms with Crippen LogP contribution >= 0.6 is 0 Å². The molecule has 14 heavy (non-hydrogen) atoms. The summed E-state index contributed by atoms with van der Waals surface area (Å²) in [5, 5.41) is 0. The summed E-state index contributed by atoms with van der Waals surface area (Å²) in [6, 6.07) is 0. The van der Waals surface area contributed by atoms with Crippen LogP contribution in [0.3, 0.4) is 0 Å². The van der Waals surface area contributed by atoms with Crippen molar-refractivity contribution in [2.45, 2.75) is 13.3 Å². The Morgan fingerprint density at radius 2 is 2.00 bits per heavy atom. The van der Waals surface area contributed by atoms with Gasteiger partial charge in [0.2, 0.25) is 0 Å². The van der Waals surface area contributed by atoms with Crippen LogP contribution in [-0.4, -0.2) is 40.0 Å². The molecule has 0 saturated heterocycles. The molecule has 0 aliphatic carbocycles. The third-order valence-corrected chi connectivity index (χ3v) is 1.65. The summed E-state index contributed by atoms with van der Waals surface area (Å²) in [4.78, 5) is 10.9. The molecule has 0 N–H and O–H groups in total. The molecule has 0 aromatic heterocycles. The van der Waals surface area contributed by atoms with Crippen LogP contribution in [0.2, 0.25) is 0 Å². The van der Waals surface area contributed by atoms with Gasteiger partial charge in [-0.15, -0.1) is 0 Å². The zero-order valence-electron chi connectivity index (χ0n) is 9.04. The zero-order chi connectivity index (χ0) is 10.8. The second-order valence-corrected chi connectivity index (χ2v) is 2.80. The Labute approximate surface area is 84.8 Å². The second kappa shape index (κ2) is 8.72. The van der Waals surface area contributed by atoms with Crippen molar-refractivity contribution in [3.8, 4) is 0 Å². The molecule has 0 radical (unpaired) electrons. The fraction of sp³-hybridized carbons (Fsp3) is 0.700. The third kappa shape index (κ3) is 6.62. The predicted molar refractivity (Wildman–Crippen MR) is 53.1 cm³/mol. The maximum Gasteiger partial charge on any atom is 0.333 e. The first-order valence-electron chi connectivity index (χ1n) is 4.54. The number of rotatable bonds is 7. The molecule has 4 heteroatoms. The highest BCUT2D eigenvalue weighted by Crippen LogP contribution is 1.95. The van der Waals surface area contributed by atoms with E-state index in [0.29, 0.717) is 25.4 Å². The monoisotopic (exact) mass is 202 g/mol. The molecule has 0 bridgehead atoms. The van der Waals surface area contributed by atoms with E-state index in [4.69, 9.17) is 9.47 Å². The molecule has 0 heterocycles. The summed E-state index contributed by atoms with van der Waals surface area (Å²) in [6.07, 6.45) is 2.57. The first-order chi connectivity index (χ1) is 6.72. The normalized spacial score (nSPS) is 11.5. The van der Waals surface area contributed by atoms with Crippen LogP contribution in [0, 0.1) is 0 Å². The van der Waals surface area contributed by atoms with Gasteiger partial charge in [-0.3, -0.25) is 0 Å². The lowest BCUT2D eigenvalue weighted by atomic mass is 10.3. The number of hydrogen-bond acceptors (Lipinski definition) is 4. The molecule has 0 spiro atoms.